The summed E-state index contributed by atoms with van der Waals surface area (Å²) in [7, 11) is 0. The molecule has 2 aliphatic heterocycles. The van der Waals surface area contributed by atoms with Crippen LogP contribution < -0.4 is 9.64 Å². The van der Waals surface area contributed by atoms with Crippen LogP contribution in [-0.2, 0) is 13.0 Å². The maximum Gasteiger partial charge on any atom is 0.257 e. The lowest BCUT2D eigenvalue weighted by Gasteiger charge is -2.30. The van der Waals surface area contributed by atoms with Gasteiger partial charge in [-0.2, -0.15) is 4.98 Å². The molecular formula is C24H22F2N4O2. The van der Waals surface area contributed by atoms with E-state index in [4.69, 9.17) is 9.72 Å². The number of hydrogen-bond acceptors (Lipinski definition) is 5. The zero-order valence-corrected chi connectivity index (χ0v) is 17.4. The van der Waals surface area contributed by atoms with E-state index in [9.17, 15) is 13.6 Å². The minimum absolute atomic E-state index is 0.0339. The monoisotopic (exact) mass is 436 g/mol. The van der Waals surface area contributed by atoms with Gasteiger partial charge in [-0.05, 0) is 49.2 Å². The summed E-state index contributed by atoms with van der Waals surface area (Å²) in [6.45, 7) is 2.39. The van der Waals surface area contributed by atoms with E-state index in [0.29, 0.717) is 36.1 Å². The van der Waals surface area contributed by atoms with Crippen LogP contribution in [0.25, 0.3) is 0 Å². The first-order valence-corrected chi connectivity index (χ1v) is 10.7. The maximum atomic E-state index is 14.2. The van der Waals surface area contributed by atoms with Gasteiger partial charge in [0.1, 0.15) is 17.4 Å². The Labute approximate surface area is 184 Å². The van der Waals surface area contributed by atoms with Crippen molar-refractivity contribution in [1.82, 2.24) is 14.9 Å². The topological polar surface area (TPSA) is 58.6 Å². The average Bonchev–Trinajstić information content (AvgIpc) is 3.35. The molecule has 0 unspecified atom stereocenters. The van der Waals surface area contributed by atoms with E-state index < -0.39 is 5.82 Å². The summed E-state index contributed by atoms with van der Waals surface area (Å²) in [6, 6.07) is 11.7. The van der Waals surface area contributed by atoms with Crippen molar-refractivity contribution in [2.24, 2.45) is 0 Å². The molecule has 0 saturated carbocycles. The fourth-order valence-electron chi connectivity index (χ4n) is 4.11. The summed E-state index contributed by atoms with van der Waals surface area (Å²) >= 11 is 0. The largest absolute Gasteiger partial charge is 0.438 e. The molecule has 0 bridgehead atoms. The van der Waals surface area contributed by atoms with Crippen LogP contribution in [0.5, 0.6) is 11.6 Å². The molecule has 0 radical (unpaired) electrons. The Kier molecular flexibility index (Phi) is 5.43. The van der Waals surface area contributed by atoms with Crippen molar-refractivity contribution in [3.63, 3.8) is 0 Å². The number of hydrogen-bond donors (Lipinski definition) is 0. The first-order chi connectivity index (χ1) is 15.6. The van der Waals surface area contributed by atoms with Crippen LogP contribution >= 0.6 is 0 Å². The molecule has 0 spiro atoms. The third kappa shape index (κ3) is 4.00. The van der Waals surface area contributed by atoms with Gasteiger partial charge in [-0.1, -0.05) is 12.1 Å². The standard InChI is InChI=1S/C24H22F2N4O2/c25-16-7-9-17(10-8-16)32-22-19-15-30(23(31)18-5-1-2-6-20(18)26)14-11-21(19)27-24(28-22)29-12-3-4-13-29/h1-2,5-10H,3-4,11-15H2. The number of amides is 1. The van der Waals surface area contributed by atoms with Crippen LogP contribution in [0.3, 0.4) is 0 Å². The lowest BCUT2D eigenvalue weighted by Crippen LogP contribution is -2.37. The second-order valence-corrected chi connectivity index (χ2v) is 7.96. The Morgan fingerprint density at radius 2 is 1.69 bits per heavy atom. The van der Waals surface area contributed by atoms with Gasteiger partial charge in [0.25, 0.3) is 5.91 Å². The molecule has 6 nitrogen and oxygen atoms in total. The van der Waals surface area contributed by atoms with Gasteiger partial charge in [-0.15, -0.1) is 0 Å². The Hall–Kier alpha value is -3.55. The number of halogens is 2. The van der Waals surface area contributed by atoms with E-state index in [-0.39, 0.29) is 23.8 Å². The van der Waals surface area contributed by atoms with Gasteiger partial charge in [0, 0.05) is 26.1 Å². The number of carbonyl (C=O) groups is 1. The summed E-state index contributed by atoms with van der Waals surface area (Å²) in [5, 5.41) is 0. The Morgan fingerprint density at radius 3 is 2.44 bits per heavy atom. The number of aromatic nitrogens is 2. The number of ether oxygens (including phenoxy) is 1. The molecule has 5 rings (SSSR count). The zero-order chi connectivity index (χ0) is 22.1. The molecule has 32 heavy (non-hydrogen) atoms. The van der Waals surface area contributed by atoms with E-state index in [1.54, 1.807) is 17.0 Å². The number of carbonyl (C=O) groups excluding carboxylic acids is 1. The molecule has 1 amide bonds. The predicted octanol–water partition coefficient (Wildman–Crippen LogP) is 4.35. The summed E-state index contributed by atoms with van der Waals surface area (Å²) in [5.41, 5.74) is 1.54. The van der Waals surface area contributed by atoms with E-state index in [2.05, 4.69) is 9.88 Å². The fraction of sp³-hybridized carbons (Fsp3) is 0.292. The van der Waals surface area contributed by atoms with Gasteiger partial charge in [0.05, 0.1) is 23.4 Å². The van der Waals surface area contributed by atoms with Crippen molar-refractivity contribution in [3.05, 3.63) is 77.0 Å². The normalized spacial score (nSPS) is 15.6. The van der Waals surface area contributed by atoms with Gasteiger partial charge in [0.15, 0.2) is 0 Å². The van der Waals surface area contributed by atoms with Crippen molar-refractivity contribution >= 4 is 11.9 Å². The van der Waals surface area contributed by atoms with Crippen LogP contribution in [0.2, 0.25) is 0 Å². The molecule has 3 heterocycles. The zero-order valence-electron chi connectivity index (χ0n) is 17.4. The Balaban J connectivity index is 1.49. The van der Waals surface area contributed by atoms with Crippen LogP contribution in [0, 0.1) is 11.6 Å². The number of fused-ring (bicyclic) bond motifs is 1. The summed E-state index contributed by atoms with van der Waals surface area (Å²) in [5.74, 6) is 0.0947. The summed E-state index contributed by atoms with van der Waals surface area (Å²) in [6.07, 6.45) is 2.68. The minimum Gasteiger partial charge on any atom is -0.438 e. The van der Waals surface area contributed by atoms with E-state index in [0.717, 1.165) is 31.6 Å². The van der Waals surface area contributed by atoms with Crippen molar-refractivity contribution < 1.29 is 18.3 Å². The molecule has 0 aliphatic carbocycles. The lowest BCUT2D eigenvalue weighted by atomic mass is 10.0. The second kappa shape index (κ2) is 8.53. The fourth-order valence-corrected chi connectivity index (χ4v) is 4.11. The van der Waals surface area contributed by atoms with Crippen molar-refractivity contribution in [1.29, 1.82) is 0 Å². The number of anilines is 1. The van der Waals surface area contributed by atoms with Gasteiger partial charge >= 0.3 is 0 Å². The van der Waals surface area contributed by atoms with E-state index in [1.165, 1.54) is 36.4 Å². The molecule has 1 fully saturated rings. The minimum atomic E-state index is -0.549. The van der Waals surface area contributed by atoms with E-state index >= 15 is 0 Å². The number of nitrogens with zero attached hydrogens (tertiary/aromatic N) is 4. The third-order valence-corrected chi connectivity index (χ3v) is 5.82. The molecule has 8 heteroatoms. The first-order valence-electron chi connectivity index (χ1n) is 10.7. The molecule has 2 aromatic carbocycles. The van der Waals surface area contributed by atoms with Crippen LogP contribution in [-0.4, -0.2) is 40.4 Å². The Morgan fingerprint density at radius 1 is 0.938 bits per heavy atom. The first kappa shape index (κ1) is 20.4. The molecule has 1 saturated heterocycles. The van der Waals surface area contributed by atoms with Gasteiger partial charge < -0.3 is 14.5 Å². The highest BCUT2D eigenvalue weighted by molar-refractivity contribution is 5.94. The van der Waals surface area contributed by atoms with Crippen molar-refractivity contribution in [2.75, 3.05) is 24.5 Å². The molecular weight excluding hydrogens is 414 g/mol. The molecule has 0 N–H and O–H groups in total. The smallest absolute Gasteiger partial charge is 0.257 e. The second-order valence-electron chi connectivity index (χ2n) is 7.96. The molecule has 2 aliphatic rings. The van der Waals surface area contributed by atoms with E-state index in [1.807, 2.05) is 0 Å². The lowest BCUT2D eigenvalue weighted by molar-refractivity contribution is 0.0727. The summed E-state index contributed by atoms with van der Waals surface area (Å²) < 4.78 is 33.6. The van der Waals surface area contributed by atoms with Gasteiger partial charge in [-0.3, -0.25) is 4.79 Å². The van der Waals surface area contributed by atoms with Gasteiger partial charge in [0.2, 0.25) is 11.8 Å². The quantitative estimate of drug-likeness (QED) is 0.609. The molecule has 0 atom stereocenters. The predicted molar refractivity (Wildman–Crippen MR) is 115 cm³/mol. The molecule has 164 valence electrons. The number of benzene rings is 2. The van der Waals surface area contributed by atoms with Gasteiger partial charge in [-0.25, -0.2) is 13.8 Å². The van der Waals surface area contributed by atoms with Crippen molar-refractivity contribution in [3.8, 4) is 11.6 Å². The SMILES string of the molecule is O=C(c1ccccc1F)N1CCc2nc(N3CCCC3)nc(Oc3ccc(F)cc3)c2C1. The van der Waals surface area contributed by atoms with Crippen molar-refractivity contribution in [2.45, 2.75) is 25.8 Å². The van der Waals surface area contributed by atoms with Crippen LogP contribution in [0.1, 0.15) is 34.5 Å². The third-order valence-electron chi connectivity index (χ3n) is 5.82. The molecule has 3 aromatic rings. The number of rotatable bonds is 4. The highest BCUT2D eigenvalue weighted by atomic mass is 19.1. The maximum absolute atomic E-state index is 14.2. The Bertz CT molecular complexity index is 1150. The average molecular weight is 436 g/mol. The van der Waals surface area contributed by atoms with Crippen LogP contribution in [0.15, 0.2) is 48.5 Å². The highest BCUT2D eigenvalue weighted by Crippen LogP contribution is 2.32. The summed E-state index contributed by atoms with van der Waals surface area (Å²) in [4.78, 5) is 26.1. The van der Waals surface area contributed by atoms with Crippen LogP contribution in [0.4, 0.5) is 14.7 Å². The highest BCUT2D eigenvalue weighted by Gasteiger charge is 2.29. The molecule has 1 aromatic heterocycles.